The van der Waals surface area contributed by atoms with Gasteiger partial charge < -0.3 is 10.1 Å². The predicted molar refractivity (Wildman–Crippen MR) is 122 cm³/mol. The van der Waals surface area contributed by atoms with Crippen molar-refractivity contribution in [3.05, 3.63) is 82.8 Å². The molecule has 0 unspecified atom stereocenters. The molecule has 162 valence electrons. The predicted octanol–water partition coefficient (Wildman–Crippen LogP) is 5.44. The number of nitrogens with one attached hydrogen (secondary N) is 1. The Kier molecular flexibility index (Phi) is 7.56. The number of para-hydroxylation sites is 3. The second-order valence-electron chi connectivity index (χ2n) is 6.47. The fourth-order valence-corrected chi connectivity index (χ4v) is 4.95. The van der Waals surface area contributed by atoms with E-state index in [0.717, 1.165) is 4.31 Å². The van der Waals surface area contributed by atoms with Crippen molar-refractivity contribution in [2.75, 3.05) is 18.4 Å². The number of halogens is 2. The van der Waals surface area contributed by atoms with E-state index in [1.54, 1.807) is 43.3 Å². The standard InChI is InChI=1S/C22H20Cl2N2O4S/c1-2-26(31(28,29)21-14-16(23)12-13-18(21)24)15-22(27)25-19-10-6-7-11-20(19)30-17-8-4-3-5-9-17/h3-14H,2,15H2,1H3,(H,25,27). The summed E-state index contributed by atoms with van der Waals surface area (Å²) in [7, 11) is -4.03. The molecule has 0 aromatic heterocycles. The lowest BCUT2D eigenvalue weighted by Gasteiger charge is -2.21. The van der Waals surface area contributed by atoms with Crippen molar-refractivity contribution in [3.63, 3.8) is 0 Å². The molecule has 31 heavy (non-hydrogen) atoms. The number of ether oxygens (including phenoxy) is 1. The minimum absolute atomic E-state index is 0.0323. The molecule has 0 bridgehead atoms. The van der Waals surface area contributed by atoms with E-state index in [1.807, 2.05) is 18.2 Å². The Morgan fingerprint density at radius 1 is 1.00 bits per heavy atom. The third-order valence-corrected chi connectivity index (χ3v) is 6.95. The van der Waals surface area contributed by atoms with E-state index in [4.69, 9.17) is 27.9 Å². The lowest BCUT2D eigenvalue weighted by molar-refractivity contribution is -0.116. The molecule has 1 N–H and O–H groups in total. The molecule has 0 aliphatic carbocycles. The van der Waals surface area contributed by atoms with Gasteiger partial charge in [0.1, 0.15) is 10.6 Å². The summed E-state index contributed by atoms with van der Waals surface area (Å²) in [6.07, 6.45) is 0. The zero-order valence-corrected chi connectivity index (χ0v) is 18.9. The number of likely N-dealkylation sites (N-methyl/N-ethyl adjacent to an activating group) is 1. The van der Waals surface area contributed by atoms with E-state index >= 15 is 0 Å². The van der Waals surface area contributed by atoms with Crippen LogP contribution in [0.3, 0.4) is 0 Å². The van der Waals surface area contributed by atoms with Gasteiger partial charge in [-0.25, -0.2) is 8.42 Å². The number of hydrogen-bond acceptors (Lipinski definition) is 4. The van der Waals surface area contributed by atoms with Gasteiger partial charge in [-0.3, -0.25) is 4.79 Å². The van der Waals surface area contributed by atoms with Crippen molar-refractivity contribution in [1.82, 2.24) is 4.31 Å². The molecular weight excluding hydrogens is 459 g/mol. The van der Waals surface area contributed by atoms with Crippen LogP contribution in [-0.4, -0.2) is 31.7 Å². The molecule has 3 aromatic carbocycles. The summed E-state index contributed by atoms with van der Waals surface area (Å²) in [4.78, 5) is 12.5. The van der Waals surface area contributed by atoms with E-state index in [1.165, 1.54) is 18.2 Å². The molecule has 0 aliphatic heterocycles. The molecule has 0 saturated carbocycles. The summed E-state index contributed by atoms with van der Waals surface area (Å²) in [5.74, 6) is 0.524. The fraction of sp³-hybridized carbons (Fsp3) is 0.136. The summed E-state index contributed by atoms with van der Waals surface area (Å²) >= 11 is 12.0. The van der Waals surface area contributed by atoms with Gasteiger partial charge in [-0.15, -0.1) is 0 Å². The Balaban J connectivity index is 1.77. The third kappa shape index (κ3) is 5.77. The van der Waals surface area contributed by atoms with Crippen LogP contribution in [0.2, 0.25) is 10.0 Å². The first-order chi connectivity index (χ1) is 14.8. The first-order valence-corrected chi connectivity index (χ1v) is 11.6. The maximum Gasteiger partial charge on any atom is 0.245 e. The maximum atomic E-state index is 13.0. The second-order valence-corrected chi connectivity index (χ2v) is 9.22. The fourth-order valence-electron chi connectivity index (χ4n) is 2.81. The van der Waals surface area contributed by atoms with E-state index in [0.29, 0.717) is 17.2 Å². The number of carbonyl (C=O) groups is 1. The highest BCUT2D eigenvalue weighted by Crippen LogP contribution is 2.30. The summed E-state index contributed by atoms with van der Waals surface area (Å²) in [5, 5.41) is 2.98. The van der Waals surface area contributed by atoms with Crippen molar-refractivity contribution in [3.8, 4) is 11.5 Å². The van der Waals surface area contributed by atoms with Crippen LogP contribution in [-0.2, 0) is 14.8 Å². The van der Waals surface area contributed by atoms with Crippen LogP contribution in [0.5, 0.6) is 11.5 Å². The number of rotatable bonds is 8. The van der Waals surface area contributed by atoms with E-state index in [9.17, 15) is 13.2 Å². The van der Waals surface area contributed by atoms with Crippen LogP contribution in [0.4, 0.5) is 5.69 Å². The van der Waals surface area contributed by atoms with Crippen molar-refractivity contribution in [1.29, 1.82) is 0 Å². The first-order valence-electron chi connectivity index (χ1n) is 9.38. The minimum atomic E-state index is -4.03. The molecule has 0 spiro atoms. The molecule has 3 rings (SSSR count). The Morgan fingerprint density at radius 3 is 2.39 bits per heavy atom. The highest BCUT2D eigenvalue weighted by atomic mass is 35.5. The van der Waals surface area contributed by atoms with Crippen molar-refractivity contribution in [2.24, 2.45) is 0 Å². The third-order valence-electron chi connectivity index (χ3n) is 4.32. The van der Waals surface area contributed by atoms with E-state index in [2.05, 4.69) is 5.32 Å². The van der Waals surface area contributed by atoms with Crippen molar-refractivity contribution >= 4 is 44.8 Å². The highest BCUT2D eigenvalue weighted by molar-refractivity contribution is 7.89. The molecule has 0 saturated heterocycles. The number of anilines is 1. The molecule has 3 aromatic rings. The average Bonchev–Trinajstić information content (AvgIpc) is 2.75. The van der Waals surface area contributed by atoms with Gasteiger partial charge in [0.25, 0.3) is 0 Å². The van der Waals surface area contributed by atoms with Gasteiger partial charge in [-0.05, 0) is 42.5 Å². The van der Waals surface area contributed by atoms with Crippen molar-refractivity contribution in [2.45, 2.75) is 11.8 Å². The molecule has 0 fully saturated rings. The number of nitrogens with zero attached hydrogens (tertiary/aromatic N) is 1. The average molecular weight is 479 g/mol. The Bertz CT molecular complexity index is 1170. The number of amides is 1. The van der Waals surface area contributed by atoms with Crippen LogP contribution in [0, 0.1) is 0 Å². The maximum absolute atomic E-state index is 13.0. The van der Waals surface area contributed by atoms with Gasteiger partial charge in [0.05, 0.1) is 17.3 Å². The molecule has 9 heteroatoms. The van der Waals surface area contributed by atoms with Crippen molar-refractivity contribution < 1.29 is 17.9 Å². The Labute approximate surface area is 191 Å². The van der Waals surface area contributed by atoms with E-state index < -0.39 is 22.5 Å². The van der Waals surface area contributed by atoms with Crippen LogP contribution in [0.1, 0.15) is 6.92 Å². The molecule has 1 amide bonds. The van der Waals surface area contributed by atoms with Gasteiger partial charge in [-0.1, -0.05) is 60.5 Å². The Morgan fingerprint density at radius 2 is 1.68 bits per heavy atom. The molecule has 0 aliphatic rings. The second kappa shape index (κ2) is 10.2. The summed E-state index contributed by atoms with van der Waals surface area (Å²) in [6.45, 7) is 1.30. The minimum Gasteiger partial charge on any atom is -0.455 e. The smallest absolute Gasteiger partial charge is 0.245 e. The van der Waals surface area contributed by atoms with Crippen LogP contribution < -0.4 is 10.1 Å². The number of sulfonamides is 1. The van der Waals surface area contributed by atoms with Gasteiger partial charge in [0.15, 0.2) is 5.75 Å². The summed E-state index contributed by atoms with van der Waals surface area (Å²) in [6, 6.07) is 20.2. The molecule has 6 nitrogen and oxygen atoms in total. The lowest BCUT2D eigenvalue weighted by atomic mass is 10.3. The van der Waals surface area contributed by atoms with Gasteiger partial charge in [0, 0.05) is 11.6 Å². The SMILES string of the molecule is CCN(CC(=O)Nc1ccccc1Oc1ccccc1)S(=O)(=O)c1cc(Cl)ccc1Cl. The van der Waals surface area contributed by atoms with E-state index in [-0.39, 0.29) is 21.5 Å². The van der Waals surface area contributed by atoms with Gasteiger partial charge in [0.2, 0.25) is 15.9 Å². The van der Waals surface area contributed by atoms with Gasteiger partial charge >= 0.3 is 0 Å². The molecular formula is C22H20Cl2N2O4S. The Hall–Kier alpha value is -2.58. The molecule has 0 radical (unpaired) electrons. The number of hydrogen-bond donors (Lipinski definition) is 1. The van der Waals surface area contributed by atoms with Gasteiger partial charge in [-0.2, -0.15) is 4.31 Å². The summed E-state index contributed by atoms with van der Waals surface area (Å²) < 4.78 is 32.9. The monoisotopic (exact) mass is 478 g/mol. The van der Waals surface area contributed by atoms with Crippen LogP contribution in [0.15, 0.2) is 77.7 Å². The first kappa shape index (κ1) is 23.1. The summed E-state index contributed by atoms with van der Waals surface area (Å²) in [5.41, 5.74) is 0.422. The van der Waals surface area contributed by atoms with Crippen LogP contribution in [0.25, 0.3) is 0 Å². The zero-order valence-electron chi connectivity index (χ0n) is 16.6. The largest absolute Gasteiger partial charge is 0.455 e. The molecule has 0 heterocycles. The normalized spacial score (nSPS) is 11.4. The highest BCUT2D eigenvalue weighted by Gasteiger charge is 2.28. The number of carbonyl (C=O) groups excluding carboxylic acids is 1. The molecule has 0 atom stereocenters. The lowest BCUT2D eigenvalue weighted by Crippen LogP contribution is -2.38. The topological polar surface area (TPSA) is 75.7 Å². The number of benzene rings is 3. The zero-order chi connectivity index (χ0) is 22.4. The quantitative estimate of drug-likeness (QED) is 0.467. The van der Waals surface area contributed by atoms with Crippen LogP contribution >= 0.6 is 23.2 Å².